The zero-order chi connectivity index (χ0) is 21.1. The van der Waals surface area contributed by atoms with Crippen molar-refractivity contribution in [1.82, 2.24) is 0 Å². The van der Waals surface area contributed by atoms with Crippen molar-refractivity contribution in [3.8, 4) is 0 Å². The van der Waals surface area contributed by atoms with Crippen molar-refractivity contribution in [3.05, 3.63) is 12.2 Å². The molecule has 1 heterocycles. The van der Waals surface area contributed by atoms with Gasteiger partial charge in [-0.15, -0.1) is 0 Å². The standard InChI is InChI=1S/C13H22.C5H8O3.C5H10O2/c1-3-12-10(2)8-9-11-6-4-5-7-13(11)12;6-4-1-2-8-5(7)3-4;1-3-4(2)5(6)7/h8-13H,3-7H2,1-2H3;4,6H,1-3H2;4H,3H2,1-2H3,(H,6,7). The molecule has 0 spiro atoms. The van der Waals surface area contributed by atoms with E-state index in [-0.39, 0.29) is 18.3 Å². The van der Waals surface area contributed by atoms with E-state index >= 15 is 0 Å². The molecule has 1 saturated heterocycles. The third kappa shape index (κ3) is 8.34. The smallest absolute Gasteiger partial charge is 0.308 e. The summed E-state index contributed by atoms with van der Waals surface area (Å²) < 4.78 is 4.55. The van der Waals surface area contributed by atoms with E-state index in [0.717, 1.165) is 30.1 Å². The van der Waals surface area contributed by atoms with Crippen molar-refractivity contribution in [3.63, 3.8) is 0 Å². The lowest BCUT2D eigenvalue weighted by atomic mass is 9.64. The Morgan fingerprint density at radius 2 is 1.89 bits per heavy atom. The molecule has 5 nitrogen and oxygen atoms in total. The molecule has 2 N–H and O–H groups in total. The van der Waals surface area contributed by atoms with Crippen LogP contribution in [0.4, 0.5) is 0 Å². The Bertz CT molecular complexity index is 501. The maximum absolute atomic E-state index is 10.3. The average Bonchev–Trinajstić information content (AvgIpc) is 2.68. The summed E-state index contributed by atoms with van der Waals surface area (Å²) >= 11 is 0. The number of hydrogen-bond acceptors (Lipinski definition) is 4. The number of ether oxygens (including phenoxy) is 1. The summed E-state index contributed by atoms with van der Waals surface area (Å²) in [4.78, 5) is 20.2. The maximum atomic E-state index is 10.3. The van der Waals surface area contributed by atoms with Gasteiger partial charge in [0.15, 0.2) is 0 Å². The molecule has 6 unspecified atom stereocenters. The minimum Gasteiger partial charge on any atom is -0.481 e. The predicted octanol–water partition coefficient (Wildman–Crippen LogP) is 4.83. The number of fused-ring (bicyclic) bond motifs is 1. The second-order valence-corrected chi connectivity index (χ2v) is 8.44. The molecule has 162 valence electrons. The number of allylic oxidation sites excluding steroid dienone is 2. The van der Waals surface area contributed by atoms with Crippen molar-refractivity contribution in [2.45, 2.75) is 85.2 Å². The number of carbonyl (C=O) groups is 2. The van der Waals surface area contributed by atoms with Gasteiger partial charge in [0.2, 0.25) is 0 Å². The average molecular weight is 397 g/mol. The number of carbonyl (C=O) groups excluding carboxylic acids is 1. The number of hydrogen-bond donors (Lipinski definition) is 2. The second kappa shape index (κ2) is 13.0. The molecule has 1 aliphatic heterocycles. The number of cyclic esters (lactones) is 1. The molecular formula is C23H40O5. The molecule has 3 aliphatic rings. The topological polar surface area (TPSA) is 83.8 Å². The van der Waals surface area contributed by atoms with Crippen molar-refractivity contribution in [1.29, 1.82) is 0 Å². The van der Waals surface area contributed by atoms with Crippen LogP contribution in [0, 0.1) is 29.6 Å². The van der Waals surface area contributed by atoms with Gasteiger partial charge in [0.1, 0.15) is 0 Å². The lowest BCUT2D eigenvalue weighted by Crippen LogP contribution is -2.32. The quantitative estimate of drug-likeness (QED) is 0.527. The molecule has 1 saturated carbocycles. The van der Waals surface area contributed by atoms with Gasteiger partial charge in [-0.05, 0) is 42.9 Å². The monoisotopic (exact) mass is 396 g/mol. The van der Waals surface area contributed by atoms with Crippen LogP contribution in [-0.4, -0.2) is 34.9 Å². The first kappa shape index (κ1) is 24.7. The zero-order valence-corrected chi connectivity index (χ0v) is 18.1. The molecule has 0 aromatic carbocycles. The number of rotatable bonds is 3. The number of aliphatic hydroxyl groups is 1. The second-order valence-electron chi connectivity index (χ2n) is 8.44. The molecule has 6 atom stereocenters. The van der Waals surface area contributed by atoms with E-state index in [4.69, 9.17) is 10.2 Å². The van der Waals surface area contributed by atoms with E-state index in [0.29, 0.717) is 13.0 Å². The number of esters is 1. The number of carboxylic acids is 1. The Balaban J connectivity index is 0.000000227. The summed E-state index contributed by atoms with van der Waals surface area (Å²) in [7, 11) is 0. The van der Waals surface area contributed by atoms with Crippen molar-refractivity contribution >= 4 is 11.9 Å². The minimum atomic E-state index is -0.706. The molecule has 0 aromatic heterocycles. The van der Waals surface area contributed by atoms with Gasteiger partial charge >= 0.3 is 11.9 Å². The largest absolute Gasteiger partial charge is 0.481 e. The lowest BCUT2D eigenvalue weighted by molar-refractivity contribution is -0.151. The molecule has 5 heteroatoms. The van der Waals surface area contributed by atoms with Crippen molar-refractivity contribution in [2.75, 3.05) is 6.61 Å². The third-order valence-electron chi connectivity index (χ3n) is 6.38. The van der Waals surface area contributed by atoms with Gasteiger partial charge in [-0.1, -0.05) is 59.1 Å². The molecule has 2 aliphatic carbocycles. The third-order valence-corrected chi connectivity index (χ3v) is 6.38. The molecule has 28 heavy (non-hydrogen) atoms. The van der Waals surface area contributed by atoms with Crippen LogP contribution in [0.1, 0.15) is 79.1 Å². The van der Waals surface area contributed by atoms with Gasteiger partial charge in [0.25, 0.3) is 0 Å². The lowest BCUT2D eigenvalue weighted by Gasteiger charge is -2.41. The van der Waals surface area contributed by atoms with Gasteiger partial charge in [-0.25, -0.2) is 0 Å². The molecule has 3 rings (SSSR count). The Morgan fingerprint density at radius 3 is 2.36 bits per heavy atom. The summed E-state index contributed by atoms with van der Waals surface area (Å²) in [6.45, 7) is 8.70. The van der Waals surface area contributed by atoms with Gasteiger partial charge in [-0.2, -0.15) is 0 Å². The Morgan fingerprint density at radius 1 is 1.21 bits per heavy atom. The normalized spacial score (nSPS) is 32.5. The molecule has 2 fully saturated rings. The van der Waals surface area contributed by atoms with E-state index in [2.05, 4.69) is 30.7 Å². The highest BCUT2D eigenvalue weighted by Gasteiger charge is 2.34. The molecule has 0 amide bonds. The summed E-state index contributed by atoms with van der Waals surface area (Å²) in [6.07, 6.45) is 13.3. The Labute approximate surface area is 170 Å². The van der Waals surface area contributed by atoms with Gasteiger partial charge < -0.3 is 14.9 Å². The first-order valence-corrected chi connectivity index (χ1v) is 11.0. The van der Waals surface area contributed by atoms with Crippen LogP contribution >= 0.6 is 0 Å². The summed E-state index contributed by atoms with van der Waals surface area (Å²) in [5, 5.41) is 17.0. The highest BCUT2D eigenvalue weighted by molar-refractivity contribution is 5.70. The predicted molar refractivity (Wildman–Crippen MR) is 111 cm³/mol. The fourth-order valence-corrected chi connectivity index (χ4v) is 4.32. The van der Waals surface area contributed by atoms with Crippen LogP contribution in [-0.2, 0) is 14.3 Å². The van der Waals surface area contributed by atoms with Crippen molar-refractivity contribution in [2.24, 2.45) is 29.6 Å². The summed E-state index contributed by atoms with van der Waals surface area (Å²) in [6, 6.07) is 0. The minimum absolute atomic E-state index is 0.167. The molecular weight excluding hydrogens is 356 g/mol. The summed E-state index contributed by atoms with van der Waals surface area (Å²) in [5.41, 5.74) is 0. The van der Waals surface area contributed by atoms with Gasteiger partial charge in [0, 0.05) is 6.42 Å². The summed E-state index contributed by atoms with van der Waals surface area (Å²) in [5.74, 6) is 2.61. The Hall–Kier alpha value is -1.36. The van der Waals surface area contributed by atoms with Crippen LogP contribution in [0.3, 0.4) is 0 Å². The maximum Gasteiger partial charge on any atom is 0.308 e. The zero-order valence-electron chi connectivity index (χ0n) is 18.1. The van der Waals surface area contributed by atoms with E-state index in [1.54, 1.807) is 6.92 Å². The van der Waals surface area contributed by atoms with Crippen LogP contribution in [0.2, 0.25) is 0 Å². The molecule has 0 bridgehead atoms. The van der Waals surface area contributed by atoms with Gasteiger partial charge in [-0.3, -0.25) is 9.59 Å². The number of aliphatic carboxylic acids is 1. The van der Waals surface area contributed by atoms with Crippen LogP contribution in [0.5, 0.6) is 0 Å². The fourth-order valence-electron chi connectivity index (χ4n) is 4.32. The first-order valence-electron chi connectivity index (χ1n) is 11.0. The van der Waals surface area contributed by atoms with Crippen molar-refractivity contribution < 1.29 is 24.5 Å². The van der Waals surface area contributed by atoms with Gasteiger partial charge in [0.05, 0.1) is 25.0 Å². The fraction of sp³-hybridized carbons (Fsp3) is 0.826. The SMILES string of the molecule is CCC(C)C(=O)O.CCC1C(C)C=CC2CCCCC21.O=C1CC(O)CCO1. The van der Waals surface area contributed by atoms with E-state index in [1.807, 2.05) is 6.92 Å². The van der Waals surface area contributed by atoms with E-state index in [1.165, 1.54) is 32.1 Å². The number of aliphatic hydroxyl groups excluding tert-OH is 1. The first-order chi connectivity index (χ1) is 13.3. The van der Waals surface area contributed by atoms with E-state index in [9.17, 15) is 9.59 Å². The molecule has 0 aromatic rings. The highest BCUT2D eigenvalue weighted by atomic mass is 16.5. The van der Waals surface area contributed by atoms with E-state index < -0.39 is 12.1 Å². The van der Waals surface area contributed by atoms with Crippen LogP contribution in [0.25, 0.3) is 0 Å². The van der Waals surface area contributed by atoms with Crippen LogP contribution in [0.15, 0.2) is 12.2 Å². The highest BCUT2D eigenvalue weighted by Crippen LogP contribution is 2.43. The molecule has 0 radical (unpaired) electrons. The number of carboxylic acid groups (broad SMARTS) is 1. The Kier molecular flexibility index (Phi) is 11.4. The van der Waals surface area contributed by atoms with Crippen LogP contribution < -0.4 is 0 Å².